The Kier molecular flexibility index (Phi) is 4.74. The fraction of sp³-hybridized carbons (Fsp3) is 0.500. The van der Waals surface area contributed by atoms with Gasteiger partial charge in [-0.3, -0.25) is 0 Å². The normalized spacial score (nSPS) is 20.1. The van der Waals surface area contributed by atoms with Crippen LogP contribution in [-0.2, 0) is 20.6 Å². The van der Waals surface area contributed by atoms with Crippen molar-refractivity contribution in [3.05, 3.63) is 28.8 Å². The number of halogens is 2. The van der Waals surface area contributed by atoms with Gasteiger partial charge in [0.25, 0.3) is 0 Å². The number of nitrogens with zero attached hydrogens (tertiary/aromatic N) is 1. The highest BCUT2D eigenvalue weighted by Gasteiger charge is 2.30. The summed E-state index contributed by atoms with van der Waals surface area (Å²) in [6, 6.07) is 4.50. The predicted molar refractivity (Wildman–Crippen MR) is 75.2 cm³/mol. The maximum atomic E-state index is 12.4. The van der Waals surface area contributed by atoms with Gasteiger partial charge in [0.05, 0.1) is 17.5 Å². The van der Waals surface area contributed by atoms with Gasteiger partial charge in [0, 0.05) is 24.6 Å². The molecule has 0 N–H and O–H groups in total. The number of benzene rings is 1. The Labute approximate surface area is 123 Å². The van der Waals surface area contributed by atoms with Crippen LogP contribution in [0.4, 0.5) is 0 Å². The molecule has 1 saturated heterocycles. The van der Waals surface area contributed by atoms with Crippen molar-refractivity contribution in [2.75, 3.05) is 20.3 Å². The monoisotopic (exact) mass is 323 g/mol. The summed E-state index contributed by atoms with van der Waals surface area (Å²) in [5.41, 5.74) is 0.717. The lowest BCUT2D eigenvalue weighted by molar-refractivity contribution is 0.181. The molecule has 1 heterocycles. The largest absolute Gasteiger partial charge is 0.380 e. The maximum absolute atomic E-state index is 12.4. The second-order valence-electron chi connectivity index (χ2n) is 4.43. The molecule has 4 nitrogen and oxygen atoms in total. The Hall–Kier alpha value is -0.330. The zero-order valence-electron chi connectivity index (χ0n) is 10.5. The Morgan fingerprint density at radius 3 is 2.74 bits per heavy atom. The molecule has 0 saturated carbocycles. The van der Waals surface area contributed by atoms with Crippen LogP contribution in [0, 0.1) is 0 Å². The molecule has 1 aromatic rings. The van der Waals surface area contributed by atoms with Crippen LogP contribution in [0.25, 0.3) is 0 Å². The van der Waals surface area contributed by atoms with Crippen LogP contribution in [-0.4, -0.2) is 39.0 Å². The van der Waals surface area contributed by atoms with Crippen LogP contribution in [0.15, 0.2) is 23.1 Å². The number of hydrogen-bond donors (Lipinski definition) is 0. The number of rotatable bonds is 4. The Morgan fingerprint density at radius 2 is 2.21 bits per heavy atom. The Morgan fingerprint density at radius 1 is 1.47 bits per heavy atom. The third-order valence-electron chi connectivity index (χ3n) is 3.27. The van der Waals surface area contributed by atoms with Crippen LogP contribution >= 0.6 is 23.2 Å². The molecule has 0 aliphatic carbocycles. The molecular weight excluding hydrogens is 309 g/mol. The molecule has 1 unspecified atom stereocenters. The zero-order chi connectivity index (χ0) is 14.0. The van der Waals surface area contributed by atoms with E-state index in [9.17, 15) is 8.42 Å². The number of likely N-dealkylation sites (N-methyl/N-ethyl adjacent to an activating group) is 1. The lowest BCUT2D eigenvalue weighted by atomic mass is 10.2. The van der Waals surface area contributed by atoms with Crippen molar-refractivity contribution >= 4 is 33.2 Å². The SMILES string of the molecule is CN(C1CCOC1)S(=O)(=O)c1ccc(CCl)c(Cl)c1. The molecule has 0 aromatic heterocycles. The lowest BCUT2D eigenvalue weighted by Gasteiger charge is -2.22. The van der Waals surface area contributed by atoms with E-state index in [1.807, 2.05) is 0 Å². The van der Waals surface area contributed by atoms with Crippen LogP contribution in [0.1, 0.15) is 12.0 Å². The highest BCUT2D eigenvalue weighted by Crippen LogP contribution is 2.26. The second-order valence-corrected chi connectivity index (χ2v) is 7.10. The highest BCUT2D eigenvalue weighted by atomic mass is 35.5. The standard InChI is InChI=1S/C12H15Cl2NO3S/c1-15(10-4-5-18-8-10)19(16,17)11-3-2-9(7-13)12(14)6-11/h2-3,6,10H,4-5,7-8H2,1H3. The fourth-order valence-electron chi connectivity index (χ4n) is 1.97. The van der Waals surface area contributed by atoms with Gasteiger partial charge in [-0.05, 0) is 24.1 Å². The van der Waals surface area contributed by atoms with E-state index in [1.165, 1.54) is 16.4 Å². The van der Waals surface area contributed by atoms with E-state index in [-0.39, 0.29) is 16.8 Å². The first-order chi connectivity index (χ1) is 8.96. The average Bonchev–Trinajstić information content (AvgIpc) is 2.91. The van der Waals surface area contributed by atoms with Crippen LogP contribution in [0.5, 0.6) is 0 Å². The first-order valence-corrected chi connectivity index (χ1v) is 8.22. The Balaban J connectivity index is 2.30. The smallest absolute Gasteiger partial charge is 0.243 e. The molecule has 0 spiro atoms. The van der Waals surface area contributed by atoms with E-state index in [0.29, 0.717) is 30.2 Å². The van der Waals surface area contributed by atoms with Gasteiger partial charge in [-0.15, -0.1) is 11.6 Å². The molecular formula is C12H15Cl2NO3S. The van der Waals surface area contributed by atoms with Crippen LogP contribution < -0.4 is 0 Å². The Bertz CT molecular complexity index is 556. The number of alkyl halides is 1. The summed E-state index contributed by atoms with van der Waals surface area (Å²) >= 11 is 11.7. The molecule has 1 aliphatic rings. The van der Waals surface area contributed by atoms with Gasteiger partial charge in [0.1, 0.15) is 0 Å². The summed E-state index contributed by atoms with van der Waals surface area (Å²) in [4.78, 5) is 0.181. The van der Waals surface area contributed by atoms with E-state index < -0.39 is 10.0 Å². The summed E-state index contributed by atoms with van der Waals surface area (Å²) in [5, 5.41) is 0.368. The van der Waals surface area contributed by atoms with Crippen molar-refractivity contribution in [2.24, 2.45) is 0 Å². The molecule has 1 atom stereocenters. The van der Waals surface area contributed by atoms with Gasteiger partial charge in [-0.2, -0.15) is 4.31 Å². The van der Waals surface area contributed by atoms with Crippen molar-refractivity contribution in [3.8, 4) is 0 Å². The summed E-state index contributed by atoms with van der Waals surface area (Å²) in [5.74, 6) is 0.255. The van der Waals surface area contributed by atoms with E-state index in [2.05, 4.69) is 0 Å². The molecule has 19 heavy (non-hydrogen) atoms. The first-order valence-electron chi connectivity index (χ1n) is 5.87. The van der Waals surface area contributed by atoms with E-state index in [0.717, 1.165) is 0 Å². The third kappa shape index (κ3) is 3.06. The molecule has 7 heteroatoms. The van der Waals surface area contributed by atoms with Crippen molar-refractivity contribution in [2.45, 2.75) is 23.2 Å². The summed E-state index contributed by atoms with van der Waals surface area (Å²) in [6.07, 6.45) is 0.712. The minimum absolute atomic E-state index is 0.114. The summed E-state index contributed by atoms with van der Waals surface area (Å²) in [7, 11) is -1.98. The van der Waals surface area contributed by atoms with Gasteiger partial charge in [-0.25, -0.2) is 8.42 Å². The second kappa shape index (κ2) is 5.97. The minimum atomic E-state index is -3.54. The lowest BCUT2D eigenvalue weighted by Crippen LogP contribution is -2.37. The number of ether oxygens (including phenoxy) is 1. The van der Waals surface area contributed by atoms with Crippen LogP contribution in [0.3, 0.4) is 0 Å². The van der Waals surface area contributed by atoms with Gasteiger partial charge in [-0.1, -0.05) is 17.7 Å². The van der Waals surface area contributed by atoms with Gasteiger partial charge < -0.3 is 4.74 Å². The quantitative estimate of drug-likeness (QED) is 0.800. The number of sulfonamides is 1. The summed E-state index contributed by atoms with van der Waals surface area (Å²) < 4.78 is 31.5. The van der Waals surface area contributed by atoms with E-state index in [1.54, 1.807) is 13.1 Å². The number of hydrogen-bond acceptors (Lipinski definition) is 3. The van der Waals surface area contributed by atoms with Gasteiger partial charge in [0.15, 0.2) is 0 Å². The summed E-state index contributed by atoms with van der Waals surface area (Å²) in [6.45, 7) is 1.03. The van der Waals surface area contributed by atoms with Crippen molar-refractivity contribution < 1.29 is 13.2 Å². The molecule has 0 bridgehead atoms. The van der Waals surface area contributed by atoms with Gasteiger partial charge >= 0.3 is 0 Å². The zero-order valence-corrected chi connectivity index (χ0v) is 12.8. The molecule has 1 fully saturated rings. The van der Waals surface area contributed by atoms with E-state index >= 15 is 0 Å². The van der Waals surface area contributed by atoms with E-state index in [4.69, 9.17) is 27.9 Å². The predicted octanol–water partition coefficient (Wildman–Crippen LogP) is 2.49. The third-order valence-corrected chi connectivity index (χ3v) is 5.81. The maximum Gasteiger partial charge on any atom is 0.243 e. The topological polar surface area (TPSA) is 46.6 Å². The average molecular weight is 324 g/mol. The molecule has 0 radical (unpaired) electrons. The van der Waals surface area contributed by atoms with Crippen LogP contribution in [0.2, 0.25) is 5.02 Å². The molecule has 1 aliphatic heterocycles. The highest BCUT2D eigenvalue weighted by molar-refractivity contribution is 7.89. The fourth-order valence-corrected chi connectivity index (χ4v) is 3.98. The molecule has 106 valence electrons. The molecule has 0 amide bonds. The first kappa shape index (κ1) is 15.1. The van der Waals surface area contributed by atoms with Gasteiger partial charge in [0.2, 0.25) is 10.0 Å². The van der Waals surface area contributed by atoms with Crippen molar-refractivity contribution in [1.29, 1.82) is 0 Å². The van der Waals surface area contributed by atoms with Crippen molar-refractivity contribution in [3.63, 3.8) is 0 Å². The molecule has 1 aromatic carbocycles. The van der Waals surface area contributed by atoms with Crippen molar-refractivity contribution in [1.82, 2.24) is 4.31 Å². The minimum Gasteiger partial charge on any atom is -0.380 e. The molecule has 2 rings (SSSR count).